The van der Waals surface area contributed by atoms with Crippen molar-refractivity contribution in [3.8, 4) is 0 Å². The molecule has 20 heavy (non-hydrogen) atoms. The molecule has 0 saturated carbocycles. The van der Waals surface area contributed by atoms with Gasteiger partial charge in [-0.2, -0.15) is 12.7 Å². The van der Waals surface area contributed by atoms with E-state index in [1.54, 1.807) is 0 Å². The number of aromatic nitrogens is 1. The number of nitrogens with zero attached hydrogens (tertiary/aromatic N) is 2. The molecule has 9 heteroatoms. The van der Waals surface area contributed by atoms with Crippen molar-refractivity contribution in [3.05, 3.63) is 17.8 Å². The quantitative estimate of drug-likeness (QED) is 0.807. The van der Waals surface area contributed by atoms with Crippen LogP contribution in [0.25, 0.3) is 0 Å². The summed E-state index contributed by atoms with van der Waals surface area (Å²) in [6.07, 6.45) is 1.21. The van der Waals surface area contributed by atoms with E-state index in [9.17, 15) is 17.1 Å². The first-order valence-corrected chi connectivity index (χ1v) is 7.54. The summed E-state index contributed by atoms with van der Waals surface area (Å²) in [6, 6.07) is 0. The molecule has 0 aliphatic carbocycles. The van der Waals surface area contributed by atoms with Gasteiger partial charge in [-0.1, -0.05) is 17.7 Å². The largest absolute Gasteiger partial charge is 0.447 e. The Hall–Kier alpha value is -1.48. The minimum atomic E-state index is -4.61. The van der Waals surface area contributed by atoms with Gasteiger partial charge in [0.2, 0.25) is 0 Å². The first-order chi connectivity index (χ1) is 9.29. The summed E-state index contributed by atoms with van der Waals surface area (Å²) in [7, 11) is -4.61. The smallest absolute Gasteiger partial charge is 0.374 e. The van der Waals surface area contributed by atoms with Crippen LogP contribution in [0.4, 0.5) is 3.89 Å². The number of hydrogen-bond acceptors (Lipinski definition) is 5. The van der Waals surface area contributed by atoms with Crippen molar-refractivity contribution in [1.29, 1.82) is 0 Å². The first-order valence-electron chi connectivity index (χ1n) is 6.20. The SMILES string of the molecule is CC(C)c1ocnc1C(=O)NCC1CN(S(=O)(=O)F)C1. The van der Waals surface area contributed by atoms with Gasteiger partial charge in [-0.15, -0.1) is 0 Å². The predicted molar refractivity (Wildman–Crippen MR) is 68.0 cm³/mol. The highest BCUT2D eigenvalue weighted by molar-refractivity contribution is 7.84. The van der Waals surface area contributed by atoms with Crippen molar-refractivity contribution in [3.63, 3.8) is 0 Å². The van der Waals surface area contributed by atoms with Crippen molar-refractivity contribution in [2.24, 2.45) is 5.92 Å². The lowest BCUT2D eigenvalue weighted by Gasteiger charge is -2.35. The third-order valence-corrected chi connectivity index (χ3v) is 4.03. The molecule has 1 aliphatic rings. The van der Waals surface area contributed by atoms with Gasteiger partial charge in [0.05, 0.1) is 0 Å². The Balaban J connectivity index is 1.84. The van der Waals surface area contributed by atoms with Crippen LogP contribution in [-0.4, -0.2) is 43.2 Å². The number of halogens is 1. The molecule has 2 heterocycles. The second kappa shape index (κ2) is 5.49. The van der Waals surface area contributed by atoms with E-state index in [0.29, 0.717) is 5.76 Å². The van der Waals surface area contributed by atoms with Gasteiger partial charge in [0, 0.05) is 31.5 Å². The standard InChI is InChI=1S/C11H16FN3O4S/c1-7(2)10-9(14-6-19-10)11(16)13-3-8-4-15(5-8)20(12,17)18/h6-8H,3-5H2,1-2H3,(H,13,16). The Kier molecular flexibility index (Phi) is 4.09. The van der Waals surface area contributed by atoms with Crippen LogP contribution in [0.1, 0.15) is 36.0 Å². The van der Waals surface area contributed by atoms with Crippen LogP contribution in [0.15, 0.2) is 10.8 Å². The van der Waals surface area contributed by atoms with Gasteiger partial charge in [-0.3, -0.25) is 4.79 Å². The molecule has 2 rings (SSSR count). The minimum absolute atomic E-state index is 0.0362. The zero-order chi connectivity index (χ0) is 14.9. The van der Waals surface area contributed by atoms with Gasteiger partial charge in [-0.25, -0.2) is 4.98 Å². The summed E-state index contributed by atoms with van der Waals surface area (Å²) in [6.45, 7) is 4.19. The molecule has 0 atom stereocenters. The highest BCUT2D eigenvalue weighted by Gasteiger charge is 2.36. The number of carbonyl (C=O) groups excluding carboxylic acids is 1. The average Bonchev–Trinajstić information content (AvgIpc) is 2.73. The monoisotopic (exact) mass is 305 g/mol. The minimum Gasteiger partial charge on any atom is -0.447 e. The zero-order valence-corrected chi connectivity index (χ0v) is 12.0. The lowest BCUT2D eigenvalue weighted by molar-refractivity contribution is 0.0921. The molecule has 1 aromatic heterocycles. The summed E-state index contributed by atoms with van der Waals surface area (Å²) in [5.74, 6) is 0.0843. The maximum atomic E-state index is 12.6. The van der Waals surface area contributed by atoms with Crippen LogP contribution in [0.5, 0.6) is 0 Å². The molecule has 1 aromatic rings. The fourth-order valence-corrected chi connectivity index (χ4v) is 2.76. The van der Waals surface area contributed by atoms with Crippen LogP contribution in [0.2, 0.25) is 0 Å². The highest BCUT2D eigenvalue weighted by atomic mass is 32.3. The van der Waals surface area contributed by atoms with Gasteiger partial charge in [0.25, 0.3) is 5.91 Å². The molecule has 7 nitrogen and oxygen atoms in total. The maximum absolute atomic E-state index is 12.6. The molecular formula is C11H16FN3O4S. The number of nitrogens with one attached hydrogen (secondary N) is 1. The van der Waals surface area contributed by atoms with E-state index < -0.39 is 10.4 Å². The summed E-state index contributed by atoms with van der Waals surface area (Å²) in [5.41, 5.74) is 0.231. The Bertz CT molecular complexity index is 593. The van der Waals surface area contributed by atoms with Crippen molar-refractivity contribution in [2.75, 3.05) is 19.6 Å². The molecule has 0 radical (unpaired) electrons. The topological polar surface area (TPSA) is 92.5 Å². The van der Waals surface area contributed by atoms with Crippen molar-refractivity contribution in [2.45, 2.75) is 19.8 Å². The van der Waals surface area contributed by atoms with E-state index in [1.165, 1.54) is 6.39 Å². The normalized spacial score (nSPS) is 17.2. The van der Waals surface area contributed by atoms with E-state index in [-0.39, 0.29) is 43.1 Å². The fraction of sp³-hybridized carbons (Fsp3) is 0.636. The molecule has 1 N–H and O–H groups in total. The third-order valence-electron chi connectivity index (χ3n) is 3.12. The van der Waals surface area contributed by atoms with Gasteiger partial charge in [0.15, 0.2) is 12.1 Å². The van der Waals surface area contributed by atoms with Crippen LogP contribution in [0, 0.1) is 5.92 Å². The second-order valence-electron chi connectivity index (χ2n) is 5.06. The molecule has 0 bridgehead atoms. The molecule has 112 valence electrons. The van der Waals surface area contributed by atoms with Crippen molar-refractivity contribution in [1.82, 2.24) is 14.6 Å². The summed E-state index contributed by atoms with van der Waals surface area (Å²) in [4.78, 5) is 15.8. The van der Waals surface area contributed by atoms with Crippen LogP contribution in [0.3, 0.4) is 0 Å². The Labute approximate surface area is 116 Å². The predicted octanol–water partition coefficient (Wildman–Crippen LogP) is 0.674. The number of hydrogen-bond donors (Lipinski definition) is 1. The Morgan fingerprint density at radius 1 is 1.60 bits per heavy atom. The number of rotatable bonds is 5. The maximum Gasteiger partial charge on any atom is 0.374 e. The second-order valence-corrected chi connectivity index (χ2v) is 6.40. The summed E-state index contributed by atoms with van der Waals surface area (Å²) in [5, 5.41) is 2.65. The lowest BCUT2D eigenvalue weighted by Crippen LogP contribution is -2.52. The van der Waals surface area contributed by atoms with Crippen LogP contribution < -0.4 is 5.32 Å². The highest BCUT2D eigenvalue weighted by Crippen LogP contribution is 2.21. The van der Waals surface area contributed by atoms with Crippen molar-refractivity contribution < 1.29 is 21.5 Å². The molecule has 1 fully saturated rings. The molecule has 1 amide bonds. The number of oxazole rings is 1. The molecule has 0 aromatic carbocycles. The Morgan fingerprint density at radius 2 is 2.25 bits per heavy atom. The van der Waals surface area contributed by atoms with Crippen molar-refractivity contribution >= 4 is 16.3 Å². The molecule has 0 unspecified atom stereocenters. The van der Waals surface area contributed by atoms with Gasteiger partial charge in [-0.05, 0) is 0 Å². The van der Waals surface area contributed by atoms with Gasteiger partial charge in [0.1, 0.15) is 5.76 Å². The lowest BCUT2D eigenvalue weighted by atomic mass is 10.0. The van der Waals surface area contributed by atoms with Crippen LogP contribution in [-0.2, 0) is 10.4 Å². The Morgan fingerprint density at radius 3 is 2.80 bits per heavy atom. The average molecular weight is 305 g/mol. The molecule has 0 spiro atoms. The molecule has 1 saturated heterocycles. The summed E-state index contributed by atoms with van der Waals surface area (Å²) < 4.78 is 39.5. The zero-order valence-electron chi connectivity index (χ0n) is 11.2. The van der Waals surface area contributed by atoms with Gasteiger partial charge < -0.3 is 9.73 Å². The summed E-state index contributed by atoms with van der Waals surface area (Å²) >= 11 is 0. The van der Waals surface area contributed by atoms with E-state index in [0.717, 1.165) is 4.31 Å². The van der Waals surface area contributed by atoms with E-state index in [4.69, 9.17) is 4.42 Å². The molecular weight excluding hydrogens is 289 g/mol. The van der Waals surface area contributed by atoms with Crippen LogP contribution >= 0.6 is 0 Å². The van der Waals surface area contributed by atoms with Gasteiger partial charge >= 0.3 is 10.4 Å². The first kappa shape index (κ1) is 14.9. The number of carbonyl (C=O) groups is 1. The molecule has 1 aliphatic heterocycles. The van der Waals surface area contributed by atoms with E-state index >= 15 is 0 Å². The third kappa shape index (κ3) is 3.15. The fourth-order valence-electron chi connectivity index (χ4n) is 1.99. The van der Waals surface area contributed by atoms with E-state index in [1.807, 2.05) is 13.8 Å². The van der Waals surface area contributed by atoms with E-state index in [2.05, 4.69) is 10.3 Å². The number of amides is 1.